The highest BCUT2D eigenvalue weighted by Crippen LogP contribution is 2.34. The van der Waals surface area contributed by atoms with Crippen LogP contribution in [0.25, 0.3) is 0 Å². The average molecular weight is 280 g/mol. The first-order valence-corrected chi connectivity index (χ1v) is 7.40. The highest BCUT2D eigenvalue weighted by molar-refractivity contribution is 5.60. The van der Waals surface area contributed by atoms with Crippen LogP contribution < -0.4 is 5.32 Å². The van der Waals surface area contributed by atoms with E-state index in [0.29, 0.717) is 29.9 Å². The van der Waals surface area contributed by atoms with Gasteiger partial charge in [0.2, 0.25) is 5.82 Å². The summed E-state index contributed by atoms with van der Waals surface area (Å²) in [5.41, 5.74) is 0.692. The fourth-order valence-electron chi connectivity index (χ4n) is 3.22. The van der Waals surface area contributed by atoms with E-state index in [1.54, 1.807) is 11.7 Å². The molecular weight excluding hydrogens is 256 g/mol. The highest BCUT2D eigenvalue weighted by atomic mass is 16.6. The van der Waals surface area contributed by atoms with E-state index in [-0.39, 0.29) is 10.6 Å². The van der Waals surface area contributed by atoms with Gasteiger partial charge in [0.05, 0.1) is 4.92 Å². The maximum atomic E-state index is 11.3. The van der Waals surface area contributed by atoms with E-state index in [4.69, 9.17) is 0 Å². The Morgan fingerprint density at radius 2 is 2.15 bits per heavy atom. The number of rotatable bonds is 4. The number of nitrogens with one attached hydrogen (secondary N) is 1. The molecule has 1 saturated carbocycles. The van der Waals surface area contributed by atoms with Crippen LogP contribution >= 0.6 is 0 Å². The summed E-state index contributed by atoms with van der Waals surface area (Å²) < 4.78 is 1.61. The van der Waals surface area contributed by atoms with E-state index >= 15 is 0 Å². The van der Waals surface area contributed by atoms with Crippen LogP contribution in [0, 0.1) is 22.0 Å². The van der Waals surface area contributed by atoms with Crippen molar-refractivity contribution in [2.75, 3.05) is 5.32 Å². The van der Waals surface area contributed by atoms with Crippen molar-refractivity contribution in [2.24, 2.45) is 18.9 Å². The average Bonchev–Trinajstić information content (AvgIpc) is 2.69. The van der Waals surface area contributed by atoms with Crippen molar-refractivity contribution in [3.8, 4) is 0 Å². The van der Waals surface area contributed by atoms with Gasteiger partial charge in [-0.3, -0.25) is 10.1 Å². The first kappa shape index (κ1) is 14.8. The van der Waals surface area contributed by atoms with Crippen LogP contribution in [0.5, 0.6) is 0 Å². The Bertz CT molecular complexity index is 498. The lowest BCUT2D eigenvalue weighted by Gasteiger charge is -2.33. The van der Waals surface area contributed by atoms with E-state index in [0.717, 1.165) is 12.3 Å². The fourth-order valence-corrected chi connectivity index (χ4v) is 3.22. The number of aromatic nitrogens is 2. The summed E-state index contributed by atoms with van der Waals surface area (Å²) in [4.78, 5) is 11.0. The summed E-state index contributed by atoms with van der Waals surface area (Å²) >= 11 is 0. The normalized spacial score (nSPS) is 26.5. The molecule has 2 rings (SSSR count). The van der Waals surface area contributed by atoms with E-state index in [9.17, 15) is 10.1 Å². The van der Waals surface area contributed by atoms with Crippen molar-refractivity contribution < 1.29 is 4.92 Å². The van der Waals surface area contributed by atoms with Crippen LogP contribution in [0.4, 0.5) is 11.5 Å². The minimum atomic E-state index is -0.315. The molecule has 20 heavy (non-hydrogen) atoms. The Balaban J connectivity index is 2.25. The Morgan fingerprint density at radius 1 is 1.45 bits per heavy atom. The molecule has 112 valence electrons. The lowest BCUT2D eigenvalue weighted by molar-refractivity contribution is -0.384. The third-order valence-corrected chi connectivity index (χ3v) is 4.36. The predicted molar refractivity (Wildman–Crippen MR) is 78.8 cm³/mol. The molecule has 3 unspecified atom stereocenters. The molecular formula is C14H24N4O2. The summed E-state index contributed by atoms with van der Waals surface area (Å²) in [5, 5.41) is 19.0. The minimum absolute atomic E-state index is 0.140. The first-order chi connectivity index (χ1) is 9.43. The molecule has 3 atom stereocenters. The molecule has 0 aliphatic heterocycles. The van der Waals surface area contributed by atoms with Crippen LogP contribution in [0.3, 0.4) is 0 Å². The van der Waals surface area contributed by atoms with E-state index in [2.05, 4.69) is 24.3 Å². The number of hydrogen-bond donors (Lipinski definition) is 1. The van der Waals surface area contributed by atoms with E-state index in [1.807, 2.05) is 6.92 Å². The molecule has 0 bridgehead atoms. The van der Waals surface area contributed by atoms with Crippen molar-refractivity contribution >= 4 is 11.5 Å². The molecule has 1 N–H and O–H groups in total. The van der Waals surface area contributed by atoms with Gasteiger partial charge in [-0.25, -0.2) is 4.68 Å². The number of aryl methyl sites for hydroxylation is 2. The number of nitrogens with zero attached hydrogens (tertiary/aromatic N) is 3. The first-order valence-electron chi connectivity index (χ1n) is 7.40. The zero-order valence-electron chi connectivity index (χ0n) is 12.7. The topological polar surface area (TPSA) is 73.0 Å². The smallest absolute Gasteiger partial charge is 0.333 e. The van der Waals surface area contributed by atoms with Crippen LogP contribution in [0.2, 0.25) is 0 Å². The summed E-state index contributed by atoms with van der Waals surface area (Å²) in [7, 11) is 1.77. The number of anilines is 1. The molecule has 6 nitrogen and oxygen atoms in total. The third kappa shape index (κ3) is 2.78. The summed E-state index contributed by atoms with van der Waals surface area (Å²) in [6.07, 6.45) is 3.98. The van der Waals surface area contributed by atoms with Gasteiger partial charge in [0.1, 0.15) is 5.69 Å². The molecule has 6 heteroatoms. The second-order valence-electron chi connectivity index (χ2n) is 6.02. The molecule has 0 saturated heterocycles. The zero-order chi connectivity index (χ0) is 14.9. The fraction of sp³-hybridized carbons (Fsp3) is 0.786. The van der Waals surface area contributed by atoms with Crippen LogP contribution in [0.15, 0.2) is 0 Å². The molecule has 0 spiro atoms. The number of nitro groups is 1. The standard InChI is InChI=1S/C14H24N4O2/c1-5-11-13(18(19)20)14(17(4)16-11)15-12-7-6-9(2)8-10(12)3/h9-10,12,15H,5-8H2,1-4H3. The minimum Gasteiger partial charge on any atom is -0.362 e. The third-order valence-electron chi connectivity index (χ3n) is 4.36. The van der Waals surface area contributed by atoms with Gasteiger partial charge in [0.25, 0.3) is 0 Å². The SMILES string of the molecule is CCc1nn(C)c(NC2CCC(C)CC2C)c1[N+](=O)[O-]. The number of hydrogen-bond acceptors (Lipinski definition) is 4. The van der Waals surface area contributed by atoms with Gasteiger partial charge in [-0.05, 0) is 37.5 Å². The zero-order valence-corrected chi connectivity index (χ0v) is 12.7. The van der Waals surface area contributed by atoms with Crippen molar-refractivity contribution in [3.05, 3.63) is 15.8 Å². The molecule has 1 aromatic rings. The second-order valence-corrected chi connectivity index (χ2v) is 6.02. The van der Waals surface area contributed by atoms with Crippen LogP contribution in [0.1, 0.15) is 45.7 Å². The van der Waals surface area contributed by atoms with Crippen molar-refractivity contribution in [1.82, 2.24) is 9.78 Å². The van der Waals surface area contributed by atoms with Gasteiger partial charge in [0.15, 0.2) is 0 Å². The predicted octanol–water partition coefficient (Wildman–Crippen LogP) is 3.13. The van der Waals surface area contributed by atoms with Gasteiger partial charge in [-0.2, -0.15) is 5.10 Å². The lowest BCUT2D eigenvalue weighted by Crippen LogP contribution is -2.33. The van der Waals surface area contributed by atoms with E-state index < -0.39 is 0 Å². The summed E-state index contributed by atoms with van der Waals surface area (Å²) in [6.45, 7) is 6.38. The summed E-state index contributed by atoms with van der Waals surface area (Å²) in [6, 6.07) is 0.296. The second kappa shape index (κ2) is 5.81. The van der Waals surface area contributed by atoms with E-state index in [1.165, 1.54) is 12.8 Å². The lowest BCUT2D eigenvalue weighted by atomic mass is 9.80. The Kier molecular flexibility index (Phi) is 4.30. The molecule has 1 aliphatic carbocycles. The van der Waals surface area contributed by atoms with Crippen LogP contribution in [-0.4, -0.2) is 20.7 Å². The molecule has 0 aromatic carbocycles. The monoisotopic (exact) mass is 280 g/mol. The van der Waals surface area contributed by atoms with Crippen molar-refractivity contribution in [3.63, 3.8) is 0 Å². The molecule has 1 aliphatic rings. The Labute approximate surface area is 119 Å². The van der Waals surface area contributed by atoms with Gasteiger partial charge in [-0.15, -0.1) is 0 Å². The highest BCUT2D eigenvalue weighted by Gasteiger charge is 2.31. The molecule has 1 heterocycles. The molecule has 0 amide bonds. The Morgan fingerprint density at radius 3 is 2.70 bits per heavy atom. The molecule has 1 aromatic heterocycles. The van der Waals surface area contributed by atoms with Gasteiger partial charge >= 0.3 is 5.69 Å². The maximum Gasteiger partial charge on any atom is 0.333 e. The largest absolute Gasteiger partial charge is 0.362 e. The molecule has 1 fully saturated rings. The maximum absolute atomic E-state index is 11.3. The van der Waals surface area contributed by atoms with Gasteiger partial charge < -0.3 is 5.32 Å². The Hall–Kier alpha value is -1.59. The molecule has 0 radical (unpaired) electrons. The quantitative estimate of drug-likeness (QED) is 0.679. The van der Waals surface area contributed by atoms with Gasteiger partial charge in [-0.1, -0.05) is 20.8 Å². The van der Waals surface area contributed by atoms with Crippen LogP contribution in [-0.2, 0) is 13.5 Å². The summed E-state index contributed by atoms with van der Waals surface area (Å²) in [5.74, 6) is 1.83. The van der Waals surface area contributed by atoms with Gasteiger partial charge in [0, 0.05) is 13.1 Å². The van der Waals surface area contributed by atoms with Crippen molar-refractivity contribution in [2.45, 2.75) is 52.5 Å². The van der Waals surface area contributed by atoms with Crippen molar-refractivity contribution in [1.29, 1.82) is 0 Å².